The first kappa shape index (κ1) is 13.6. The number of rotatable bonds is 5. The summed E-state index contributed by atoms with van der Waals surface area (Å²) in [5.74, 6) is 0.417. The van der Waals surface area contributed by atoms with Crippen LogP contribution in [-0.2, 0) is 9.47 Å². The Hall–Kier alpha value is -0.380. The predicted octanol–water partition coefficient (Wildman–Crippen LogP) is 3.17. The summed E-state index contributed by atoms with van der Waals surface area (Å²) in [7, 11) is 0. The monoisotopic (exact) mass is 266 g/mol. The van der Waals surface area contributed by atoms with Gasteiger partial charge in [-0.2, -0.15) is 0 Å². The van der Waals surface area contributed by atoms with E-state index in [0.29, 0.717) is 5.92 Å². The fraction of sp³-hybridized carbons (Fsp3) is 0.875. The van der Waals surface area contributed by atoms with Gasteiger partial charge >= 0.3 is 0 Å². The molecule has 1 unspecified atom stereocenters. The molecular weight excluding hydrogens is 240 g/mol. The predicted molar refractivity (Wildman–Crippen MR) is 73.8 cm³/mol. The van der Waals surface area contributed by atoms with Gasteiger partial charge in [0.15, 0.2) is 6.29 Å². The number of ether oxygens (including phenoxy) is 2. The van der Waals surface area contributed by atoms with Crippen molar-refractivity contribution < 1.29 is 14.6 Å². The van der Waals surface area contributed by atoms with Crippen molar-refractivity contribution in [2.75, 3.05) is 13.2 Å². The van der Waals surface area contributed by atoms with E-state index in [1.165, 1.54) is 24.8 Å². The zero-order chi connectivity index (χ0) is 13.1. The highest BCUT2D eigenvalue weighted by Crippen LogP contribution is 2.53. The van der Waals surface area contributed by atoms with Crippen LogP contribution in [0.1, 0.15) is 57.8 Å². The van der Waals surface area contributed by atoms with Gasteiger partial charge in [0, 0.05) is 6.61 Å². The molecule has 0 amide bonds. The molecule has 0 aromatic rings. The van der Waals surface area contributed by atoms with E-state index in [-0.39, 0.29) is 6.29 Å². The Morgan fingerprint density at radius 3 is 3.00 bits per heavy atom. The van der Waals surface area contributed by atoms with E-state index in [4.69, 9.17) is 9.47 Å². The highest BCUT2D eigenvalue weighted by atomic mass is 16.7. The molecule has 3 rings (SSSR count). The largest absolute Gasteiger partial charge is 0.385 e. The van der Waals surface area contributed by atoms with Crippen molar-refractivity contribution in [2.24, 2.45) is 5.92 Å². The lowest BCUT2D eigenvalue weighted by Crippen LogP contribution is -2.23. The van der Waals surface area contributed by atoms with E-state index >= 15 is 0 Å². The van der Waals surface area contributed by atoms with Gasteiger partial charge in [-0.05, 0) is 69.3 Å². The molecule has 3 atom stereocenters. The van der Waals surface area contributed by atoms with Gasteiger partial charge in [-0.25, -0.2) is 0 Å². The lowest BCUT2D eigenvalue weighted by Gasteiger charge is -2.23. The molecule has 3 nitrogen and oxygen atoms in total. The van der Waals surface area contributed by atoms with E-state index < -0.39 is 5.60 Å². The summed E-state index contributed by atoms with van der Waals surface area (Å²) in [5.41, 5.74) is 0.828. The molecule has 1 N–H and O–H groups in total. The third-order valence-electron chi connectivity index (χ3n) is 4.83. The molecule has 0 aromatic heterocycles. The standard InChI is InChI=1S/C16H26O3/c17-16(13-6-2-1-3-7-13)12-14(16)9-11-19-15-8-4-5-10-18-15/h6,14-15,17H,1-5,7-12H2/t14-,15?,16+/m0/s1. The maximum absolute atomic E-state index is 10.6. The quantitative estimate of drug-likeness (QED) is 0.777. The Morgan fingerprint density at radius 2 is 2.26 bits per heavy atom. The maximum Gasteiger partial charge on any atom is 0.157 e. The molecule has 1 heterocycles. The minimum atomic E-state index is -0.475. The molecule has 19 heavy (non-hydrogen) atoms. The summed E-state index contributed by atoms with van der Waals surface area (Å²) < 4.78 is 11.3. The Kier molecular flexibility index (Phi) is 4.25. The zero-order valence-electron chi connectivity index (χ0n) is 11.8. The number of hydrogen-bond acceptors (Lipinski definition) is 3. The van der Waals surface area contributed by atoms with Gasteiger partial charge < -0.3 is 14.6 Å². The first-order valence-electron chi connectivity index (χ1n) is 7.94. The molecule has 1 saturated heterocycles. The fourth-order valence-electron chi connectivity index (χ4n) is 3.47. The summed E-state index contributed by atoms with van der Waals surface area (Å²) in [6.45, 7) is 1.57. The van der Waals surface area contributed by atoms with Crippen LogP contribution >= 0.6 is 0 Å². The zero-order valence-corrected chi connectivity index (χ0v) is 11.8. The third kappa shape index (κ3) is 3.21. The Labute approximate surface area is 116 Å². The van der Waals surface area contributed by atoms with Crippen LogP contribution in [0, 0.1) is 5.92 Å². The third-order valence-corrected chi connectivity index (χ3v) is 4.83. The van der Waals surface area contributed by atoms with Crippen molar-refractivity contribution in [1.29, 1.82) is 0 Å². The van der Waals surface area contributed by atoms with Crippen LogP contribution in [0.5, 0.6) is 0 Å². The molecule has 1 aliphatic heterocycles. The SMILES string of the molecule is O[C@@]1(C2=CCCCC2)C[C@@H]1CCOC1CCCCO1. The highest BCUT2D eigenvalue weighted by molar-refractivity contribution is 5.28. The van der Waals surface area contributed by atoms with Crippen molar-refractivity contribution >= 4 is 0 Å². The molecule has 2 aliphatic carbocycles. The Bertz CT molecular complexity index is 333. The molecule has 1 saturated carbocycles. The molecule has 2 fully saturated rings. The van der Waals surface area contributed by atoms with Crippen molar-refractivity contribution in [1.82, 2.24) is 0 Å². The average Bonchev–Trinajstić information content (AvgIpc) is 3.13. The van der Waals surface area contributed by atoms with E-state index in [1.54, 1.807) is 0 Å². The summed E-state index contributed by atoms with van der Waals surface area (Å²) in [6.07, 6.45) is 12.4. The van der Waals surface area contributed by atoms with Gasteiger partial charge in [0.05, 0.1) is 12.2 Å². The minimum absolute atomic E-state index is 0.00879. The summed E-state index contributed by atoms with van der Waals surface area (Å²) in [4.78, 5) is 0. The second kappa shape index (κ2) is 5.94. The van der Waals surface area contributed by atoms with E-state index in [1.807, 2.05) is 0 Å². The Balaban J connectivity index is 1.39. The van der Waals surface area contributed by atoms with Crippen molar-refractivity contribution in [3.8, 4) is 0 Å². The number of hydrogen-bond donors (Lipinski definition) is 1. The lowest BCUT2D eigenvalue weighted by molar-refractivity contribution is -0.163. The van der Waals surface area contributed by atoms with Gasteiger partial charge in [-0.3, -0.25) is 0 Å². The highest BCUT2D eigenvalue weighted by Gasteiger charge is 2.54. The molecule has 0 bridgehead atoms. The van der Waals surface area contributed by atoms with E-state index in [9.17, 15) is 5.11 Å². The Morgan fingerprint density at radius 1 is 1.32 bits per heavy atom. The second-order valence-electron chi connectivity index (χ2n) is 6.26. The fourth-order valence-corrected chi connectivity index (χ4v) is 3.47. The molecule has 0 radical (unpaired) electrons. The van der Waals surface area contributed by atoms with Gasteiger partial charge in [0.1, 0.15) is 0 Å². The topological polar surface area (TPSA) is 38.7 Å². The van der Waals surface area contributed by atoms with Gasteiger partial charge in [0.2, 0.25) is 0 Å². The van der Waals surface area contributed by atoms with Crippen LogP contribution in [0.3, 0.4) is 0 Å². The van der Waals surface area contributed by atoms with Crippen molar-refractivity contribution in [2.45, 2.75) is 69.7 Å². The molecular formula is C16H26O3. The molecule has 0 aromatic carbocycles. The van der Waals surface area contributed by atoms with Crippen LogP contribution in [0.25, 0.3) is 0 Å². The number of aliphatic hydroxyl groups is 1. The van der Waals surface area contributed by atoms with Gasteiger partial charge in [-0.15, -0.1) is 0 Å². The van der Waals surface area contributed by atoms with Gasteiger partial charge in [-0.1, -0.05) is 6.08 Å². The van der Waals surface area contributed by atoms with Crippen molar-refractivity contribution in [3.05, 3.63) is 11.6 Å². The van der Waals surface area contributed by atoms with Crippen LogP contribution in [0.15, 0.2) is 11.6 Å². The van der Waals surface area contributed by atoms with Crippen molar-refractivity contribution in [3.63, 3.8) is 0 Å². The first-order chi connectivity index (χ1) is 9.29. The molecule has 108 valence electrons. The average molecular weight is 266 g/mol. The molecule has 3 aliphatic rings. The van der Waals surface area contributed by atoms with Crippen LogP contribution in [0.4, 0.5) is 0 Å². The summed E-state index contributed by atoms with van der Waals surface area (Å²) >= 11 is 0. The van der Waals surface area contributed by atoms with Crippen LogP contribution in [0.2, 0.25) is 0 Å². The second-order valence-corrected chi connectivity index (χ2v) is 6.26. The van der Waals surface area contributed by atoms with Crippen LogP contribution < -0.4 is 0 Å². The van der Waals surface area contributed by atoms with Gasteiger partial charge in [0.25, 0.3) is 0 Å². The normalized spacial score (nSPS) is 38.9. The lowest BCUT2D eigenvalue weighted by atomic mass is 9.92. The van der Waals surface area contributed by atoms with Crippen LogP contribution in [-0.4, -0.2) is 30.2 Å². The molecule has 3 heteroatoms. The minimum Gasteiger partial charge on any atom is -0.385 e. The summed E-state index contributed by atoms with van der Waals surface area (Å²) in [6, 6.07) is 0. The first-order valence-corrected chi connectivity index (χ1v) is 7.94. The van der Waals surface area contributed by atoms with E-state index in [2.05, 4.69) is 6.08 Å². The summed E-state index contributed by atoms with van der Waals surface area (Å²) in [5, 5.41) is 10.6. The number of allylic oxidation sites excluding steroid dienone is 1. The van der Waals surface area contributed by atoms with E-state index in [0.717, 1.165) is 51.7 Å². The molecule has 0 spiro atoms. The smallest absolute Gasteiger partial charge is 0.157 e. The maximum atomic E-state index is 10.6.